The van der Waals surface area contributed by atoms with E-state index in [9.17, 15) is 0 Å². The molecule has 1 aliphatic rings. The van der Waals surface area contributed by atoms with E-state index >= 15 is 0 Å². The monoisotopic (exact) mass is 204 g/mol. The fraction of sp³-hybridized carbons (Fsp3) is 0.615. The molecule has 0 unspecified atom stereocenters. The van der Waals surface area contributed by atoms with Gasteiger partial charge in [-0.3, -0.25) is 4.98 Å². The van der Waals surface area contributed by atoms with Crippen LogP contribution in [0, 0.1) is 5.92 Å². The molecule has 1 aromatic rings. The number of pyridine rings is 1. The highest BCUT2D eigenvalue weighted by molar-refractivity contribution is 5.29. The SMILES string of the molecule is CC(C)CNCC1(c2ccncc2)CC1. The van der Waals surface area contributed by atoms with Crippen molar-refractivity contribution in [3.8, 4) is 0 Å². The first kappa shape index (κ1) is 10.6. The Morgan fingerprint density at radius 3 is 2.53 bits per heavy atom. The van der Waals surface area contributed by atoms with Gasteiger partial charge in [-0.15, -0.1) is 0 Å². The molecule has 0 bridgehead atoms. The second kappa shape index (κ2) is 4.31. The number of aromatic nitrogens is 1. The number of hydrogen-bond donors (Lipinski definition) is 1. The van der Waals surface area contributed by atoms with Gasteiger partial charge in [0.25, 0.3) is 0 Å². The Morgan fingerprint density at radius 2 is 2.00 bits per heavy atom. The topological polar surface area (TPSA) is 24.9 Å². The maximum absolute atomic E-state index is 4.07. The third-order valence-corrected chi connectivity index (χ3v) is 3.16. The molecule has 1 fully saturated rings. The fourth-order valence-electron chi connectivity index (χ4n) is 2.02. The summed E-state index contributed by atoms with van der Waals surface area (Å²) in [6, 6.07) is 4.31. The average Bonchev–Trinajstić information content (AvgIpc) is 3.00. The molecule has 0 aliphatic heterocycles. The Labute approximate surface area is 92.1 Å². The Hall–Kier alpha value is -0.890. The van der Waals surface area contributed by atoms with E-state index in [1.165, 1.54) is 18.4 Å². The van der Waals surface area contributed by atoms with Crippen molar-refractivity contribution in [2.24, 2.45) is 5.92 Å². The van der Waals surface area contributed by atoms with Gasteiger partial charge in [0.2, 0.25) is 0 Å². The summed E-state index contributed by atoms with van der Waals surface area (Å²) in [6.07, 6.45) is 6.44. The first-order valence-corrected chi connectivity index (χ1v) is 5.84. The molecule has 15 heavy (non-hydrogen) atoms. The van der Waals surface area contributed by atoms with Gasteiger partial charge in [-0.25, -0.2) is 0 Å². The van der Waals surface area contributed by atoms with E-state index in [-0.39, 0.29) is 0 Å². The van der Waals surface area contributed by atoms with Gasteiger partial charge >= 0.3 is 0 Å². The second-order valence-electron chi connectivity index (χ2n) is 5.04. The zero-order chi connectivity index (χ0) is 10.7. The van der Waals surface area contributed by atoms with Crippen LogP contribution >= 0.6 is 0 Å². The molecule has 1 aliphatic carbocycles. The van der Waals surface area contributed by atoms with Crippen LogP contribution in [0.1, 0.15) is 32.3 Å². The molecule has 0 saturated heterocycles. The quantitative estimate of drug-likeness (QED) is 0.796. The van der Waals surface area contributed by atoms with Crippen LogP contribution in [0.3, 0.4) is 0 Å². The maximum Gasteiger partial charge on any atom is 0.0270 e. The molecule has 2 nitrogen and oxygen atoms in total. The van der Waals surface area contributed by atoms with Gasteiger partial charge in [0.05, 0.1) is 0 Å². The Bertz CT molecular complexity index is 302. The highest BCUT2D eigenvalue weighted by Crippen LogP contribution is 2.47. The van der Waals surface area contributed by atoms with Gasteiger partial charge in [-0.2, -0.15) is 0 Å². The molecule has 0 aromatic carbocycles. The van der Waals surface area contributed by atoms with E-state index in [2.05, 4.69) is 36.3 Å². The predicted octanol–water partition coefficient (Wildman–Crippen LogP) is 2.36. The summed E-state index contributed by atoms with van der Waals surface area (Å²) < 4.78 is 0. The van der Waals surface area contributed by atoms with Crippen molar-refractivity contribution in [3.63, 3.8) is 0 Å². The van der Waals surface area contributed by atoms with Crippen molar-refractivity contribution in [3.05, 3.63) is 30.1 Å². The largest absolute Gasteiger partial charge is 0.316 e. The lowest BCUT2D eigenvalue weighted by Crippen LogP contribution is -2.29. The van der Waals surface area contributed by atoms with E-state index in [0.717, 1.165) is 19.0 Å². The maximum atomic E-state index is 4.07. The molecular weight excluding hydrogens is 184 g/mol. The molecule has 2 heteroatoms. The van der Waals surface area contributed by atoms with Gasteiger partial charge in [-0.1, -0.05) is 13.8 Å². The van der Waals surface area contributed by atoms with Crippen molar-refractivity contribution in [2.45, 2.75) is 32.1 Å². The van der Waals surface area contributed by atoms with Crippen LogP contribution < -0.4 is 5.32 Å². The number of nitrogens with zero attached hydrogens (tertiary/aromatic N) is 1. The van der Waals surface area contributed by atoms with Crippen molar-refractivity contribution >= 4 is 0 Å². The standard InChI is InChI=1S/C13H20N2/c1-11(2)9-15-10-13(5-6-13)12-3-7-14-8-4-12/h3-4,7-8,11,15H,5-6,9-10H2,1-2H3. The molecule has 1 saturated carbocycles. The molecule has 1 N–H and O–H groups in total. The van der Waals surface area contributed by atoms with Crippen LogP contribution in [0.2, 0.25) is 0 Å². The lowest BCUT2D eigenvalue weighted by Gasteiger charge is -2.17. The van der Waals surface area contributed by atoms with Gasteiger partial charge in [0.15, 0.2) is 0 Å². The highest BCUT2D eigenvalue weighted by Gasteiger charge is 2.43. The van der Waals surface area contributed by atoms with E-state index in [0.29, 0.717) is 5.41 Å². The first-order valence-electron chi connectivity index (χ1n) is 5.84. The summed E-state index contributed by atoms with van der Waals surface area (Å²) in [5.74, 6) is 0.734. The molecule has 1 aromatic heterocycles. The van der Waals surface area contributed by atoms with E-state index < -0.39 is 0 Å². The highest BCUT2D eigenvalue weighted by atomic mass is 14.9. The predicted molar refractivity (Wildman–Crippen MR) is 62.9 cm³/mol. The average molecular weight is 204 g/mol. The van der Waals surface area contributed by atoms with E-state index in [1.54, 1.807) is 0 Å². The number of hydrogen-bond acceptors (Lipinski definition) is 2. The lowest BCUT2D eigenvalue weighted by atomic mass is 9.97. The minimum absolute atomic E-state index is 0.428. The zero-order valence-electron chi connectivity index (χ0n) is 9.66. The van der Waals surface area contributed by atoms with Crippen molar-refractivity contribution in [1.29, 1.82) is 0 Å². The van der Waals surface area contributed by atoms with E-state index in [4.69, 9.17) is 0 Å². The third-order valence-electron chi connectivity index (χ3n) is 3.16. The van der Waals surface area contributed by atoms with Crippen molar-refractivity contribution in [1.82, 2.24) is 10.3 Å². The third kappa shape index (κ3) is 2.57. The summed E-state index contributed by atoms with van der Waals surface area (Å²) in [6.45, 7) is 6.74. The minimum atomic E-state index is 0.428. The van der Waals surface area contributed by atoms with E-state index in [1.807, 2.05) is 12.4 Å². The second-order valence-corrected chi connectivity index (χ2v) is 5.04. The first-order chi connectivity index (χ1) is 7.23. The summed E-state index contributed by atoms with van der Waals surface area (Å²) in [5.41, 5.74) is 1.88. The smallest absolute Gasteiger partial charge is 0.0270 e. The Morgan fingerprint density at radius 1 is 1.33 bits per heavy atom. The number of rotatable bonds is 5. The number of nitrogens with one attached hydrogen (secondary N) is 1. The fourth-order valence-corrected chi connectivity index (χ4v) is 2.02. The molecular formula is C13H20N2. The normalized spacial score (nSPS) is 18.1. The van der Waals surface area contributed by atoms with Gasteiger partial charge < -0.3 is 5.32 Å². The summed E-state index contributed by atoms with van der Waals surface area (Å²) in [5, 5.41) is 3.57. The van der Waals surface area contributed by atoms with Crippen LogP contribution in [0.5, 0.6) is 0 Å². The summed E-state index contributed by atoms with van der Waals surface area (Å²) in [4.78, 5) is 4.07. The zero-order valence-corrected chi connectivity index (χ0v) is 9.66. The molecule has 1 heterocycles. The molecule has 0 spiro atoms. The van der Waals surface area contributed by atoms with Crippen LogP contribution in [-0.2, 0) is 5.41 Å². The van der Waals surface area contributed by atoms with Crippen LogP contribution in [0.4, 0.5) is 0 Å². The van der Waals surface area contributed by atoms with Crippen LogP contribution in [0.15, 0.2) is 24.5 Å². The van der Waals surface area contributed by atoms with Gasteiger partial charge in [0.1, 0.15) is 0 Å². The molecule has 0 atom stereocenters. The molecule has 0 radical (unpaired) electrons. The van der Waals surface area contributed by atoms with Crippen molar-refractivity contribution in [2.75, 3.05) is 13.1 Å². The van der Waals surface area contributed by atoms with Crippen molar-refractivity contribution < 1.29 is 0 Å². The minimum Gasteiger partial charge on any atom is -0.316 e. The molecule has 2 rings (SSSR count). The molecule has 0 amide bonds. The Kier molecular flexibility index (Phi) is 3.06. The summed E-state index contributed by atoms with van der Waals surface area (Å²) in [7, 11) is 0. The van der Waals surface area contributed by atoms with Crippen LogP contribution in [0.25, 0.3) is 0 Å². The van der Waals surface area contributed by atoms with Gasteiger partial charge in [0, 0.05) is 24.4 Å². The Balaban J connectivity index is 1.91. The lowest BCUT2D eigenvalue weighted by molar-refractivity contribution is 0.509. The molecule has 82 valence electrons. The van der Waals surface area contributed by atoms with Crippen LogP contribution in [-0.4, -0.2) is 18.1 Å². The van der Waals surface area contributed by atoms with Gasteiger partial charge in [-0.05, 0) is 43.0 Å². The summed E-state index contributed by atoms with van der Waals surface area (Å²) >= 11 is 0.